The zero-order chi connectivity index (χ0) is 21.1. The van der Waals surface area contributed by atoms with Crippen LogP contribution in [-0.2, 0) is 0 Å². The summed E-state index contributed by atoms with van der Waals surface area (Å²) in [7, 11) is 0. The minimum Gasteiger partial charge on any atom is -0.490 e. The fourth-order valence-corrected chi connectivity index (χ4v) is 2.82. The molecule has 0 fully saturated rings. The third-order valence-electron chi connectivity index (χ3n) is 3.79. The first-order valence-corrected chi connectivity index (χ1v) is 9.72. The fourth-order valence-electron chi connectivity index (χ4n) is 2.58. The Morgan fingerprint density at radius 2 is 1.86 bits per heavy atom. The number of rotatable bonds is 7. The van der Waals surface area contributed by atoms with Crippen LogP contribution >= 0.6 is 11.6 Å². The molecule has 1 aromatic carbocycles. The monoisotopic (exact) mass is 419 g/mol. The molecule has 0 N–H and O–H groups in total. The van der Waals surface area contributed by atoms with E-state index < -0.39 is 5.82 Å². The molecule has 0 aliphatic rings. The first-order chi connectivity index (χ1) is 13.7. The molecule has 2 aromatic heterocycles. The van der Waals surface area contributed by atoms with Gasteiger partial charge < -0.3 is 14.0 Å². The van der Waals surface area contributed by atoms with Crippen LogP contribution in [0.2, 0.25) is 5.02 Å². The first-order valence-electron chi connectivity index (χ1n) is 9.34. The molecule has 0 saturated heterocycles. The predicted octanol–water partition coefficient (Wildman–Crippen LogP) is 5.72. The van der Waals surface area contributed by atoms with Gasteiger partial charge in [0.05, 0.1) is 17.7 Å². The Balaban J connectivity index is 1.90. The van der Waals surface area contributed by atoms with Gasteiger partial charge in [-0.1, -0.05) is 30.6 Å². The zero-order valence-electron chi connectivity index (χ0n) is 17.0. The number of hydrogen-bond acceptors (Lipinski definition) is 6. The Morgan fingerprint density at radius 1 is 1.10 bits per heavy atom. The fraction of sp³-hybridized carbons (Fsp3) is 0.381. The highest BCUT2D eigenvalue weighted by atomic mass is 35.5. The summed E-state index contributed by atoms with van der Waals surface area (Å²) < 4.78 is 30.9. The molecular weight excluding hydrogens is 397 g/mol. The first kappa shape index (κ1) is 21.0. The molecule has 154 valence electrons. The van der Waals surface area contributed by atoms with Gasteiger partial charge in [-0.25, -0.2) is 9.37 Å². The topological polar surface area (TPSA) is 70.3 Å². The van der Waals surface area contributed by atoms with Crippen molar-refractivity contribution >= 4 is 11.6 Å². The molecule has 29 heavy (non-hydrogen) atoms. The van der Waals surface area contributed by atoms with E-state index in [-0.39, 0.29) is 34.5 Å². The van der Waals surface area contributed by atoms with Crippen LogP contribution in [0.4, 0.5) is 4.39 Å². The summed E-state index contributed by atoms with van der Waals surface area (Å²) in [5.74, 6) is 0.725. The quantitative estimate of drug-likeness (QED) is 0.487. The Kier molecular flexibility index (Phi) is 6.37. The molecule has 0 spiro atoms. The molecule has 0 atom stereocenters. The van der Waals surface area contributed by atoms with Gasteiger partial charge in [-0.2, -0.15) is 4.98 Å². The summed E-state index contributed by atoms with van der Waals surface area (Å²) in [6, 6.07) is 6.19. The zero-order valence-corrected chi connectivity index (χ0v) is 17.7. The van der Waals surface area contributed by atoms with E-state index in [2.05, 4.69) is 15.1 Å². The van der Waals surface area contributed by atoms with E-state index in [0.717, 1.165) is 5.69 Å². The highest BCUT2D eigenvalue weighted by Crippen LogP contribution is 2.33. The summed E-state index contributed by atoms with van der Waals surface area (Å²) >= 11 is 6.32. The lowest BCUT2D eigenvalue weighted by molar-refractivity contribution is 0.232. The highest BCUT2D eigenvalue weighted by Gasteiger charge is 2.18. The number of benzene rings is 1. The van der Waals surface area contributed by atoms with Crippen LogP contribution in [0.15, 0.2) is 28.8 Å². The third kappa shape index (κ3) is 5.23. The van der Waals surface area contributed by atoms with Gasteiger partial charge >= 0.3 is 0 Å². The van der Waals surface area contributed by atoms with Crippen LogP contribution in [0.5, 0.6) is 11.6 Å². The van der Waals surface area contributed by atoms with Gasteiger partial charge in [0, 0.05) is 29.0 Å². The van der Waals surface area contributed by atoms with Gasteiger partial charge in [-0.15, -0.1) is 0 Å². The van der Waals surface area contributed by atoms with Gasteiger partial charge in [0.15, 0.2) is 11.6 Å². The van der Waals surface area contributed by atoms with E-state index >= 15 is 0 Å². The average molecular weight is 420 g/mol. The van der Waals surface area contributed by atoms with Crippen molar-refractivity contribution < 1.29 is 18.4 Å². The molecule has 0 aliphatic heterocycles. The molecule has 0 aliphatic carbocycles. The average Bonchev–Trinajstić information content (AvgIpc) is 3.10. The van der Waals surface area contributed by atoms with Gasteiger partial charge in [0.25, 0.3) is 5.89 Å². The van der Waals surface area contributed by atoms with Crippen molar-refractivity contribution in [1.82, 2.24) is 15.1 Å². The SMILES string of the molecule is Cc1cc(-c2nc(-c3cc(F)c(OCC(C)C)cc3Cl)no2)cc(OC(C)C)n1. The van der Waals surface area contributed by atoms with Crippen molar-refractivity contribution in [2.75, 3.05) is 6.61 Å². The van der Waals surface area contributed by atoms with Gasteiger partial charge in [0.2, 0.25) is 11.7 Å². The largest absolute Gasteiger partial charge is 0.490 e. The van der Waals surface area contributed by atoms with E-state index in [0.29, 0.717) is 23.6 Å². The number of hydrogen-bond donors (Lipinski definition) is 0. The number of pyridine rings is 1. The summed E-state index contributed by atoms with van der Waals surface area (Å²) in [5.41, 5.74) is 1.72. The number of nitrogens with zero attached hydrogens (tertiary/aromatic N) is 3. The Labute approximate surface area is 174 Å². The smallest absolute Gasteiger partial charge is 0.258 e. The molecule has 3 aromatic rings. The van der Waals surface area contributed by atoms with Crippen LogP contribution < -0.4 is 9.47 Å². The number of aryl methyl sites for hydroxylation is 1. The van der Waals surface area contributed by atoms with Gasteiger partial charge in [0.1, 0.15) is 0 Å². The molecule has 0 radical (unpaired) electrons. The van der Waals surface area contributed by atoms with E-state index in [1.165, 1.54) is 12.1 Å². The van der Waals surface area contributed by atoms with E-state index in [4.69, 9.17) is 25.6 Å². The van der Waals surface area contributed by atoms with Crippen LogP contribution in [0, 0.1) is 18.7 Å². The van der Waals surface area contributed by atoms with Crippen LogP contribution in [0.3, 0.4) is 0 Å². The van der Waals surface area contributed by atoms with Crippen molar-refractivity contribution in [2.45, 2.75) is 40.7 Å². The van der Waals surface area contributed by atoms with E-state index in [1.807, 2.05) is 34.6 Å². The van der Waals surface area contributed by atoms with E-state index in [1.54, 1.807) is 12.1 Å². The predicted molar refractivity (Wildman–Crippen MR) is 109 cm³/mol. The summed E-state index contributed by atoms with van der Waals surface area (Å²) in [6.07, 6.45) is -0.0198. The highest BCUT2D eigenvalue weighted by molar-refractivity contribution is 6.33. The van der Waals surface area contributed by atoms with Crippen molar-refractivity contribution in [3.8, 4) is 34.5 Å². The van der Waals surface area contributed by atoms with E-state index in [9.17, 15) is 4.39 Å². The normalized spacial score (nSPS) is 11.3. The summed E-state index contributed by atoms with van der Waals surface area (Å²) in [5, 5.41) is 4.22. The van der Waals surface area contributed by atoms with Crippen molar-refractivity contribution in [2.24, 2.45) is 5.92 Å². The maximum Gasteiger partial charge on any atom is 0.258 e. The second-order valence-corrected chi connectivity index (χ2v) is 7.80. The number of aromatic nitrogens is 3. The maximum atomic E-state index is 14.4. The summed E-state index contributed by atoms with van der Waals surface area (Å²) in [4.78, 5) is 8.70. The lowest BCUT2D eigenvalue weighted by Gasteiger charge is -2.11. The van der Waals surface area contributed by atoms with Crippen molar-refractivity contribution in [1.29, 1.82) is 0 Å². The van der Waals surface area contributed by atoms with Gasteiger partial charge in [-0.05, 0) is 38.8 Å². The number of halogens is 2. The summed E-state index contributed by atoms with van der Waals surface area (Å²) in [6.45, 7) is 10.0. The number of ether oxygens (including phenoxy) is 2. The maximum absolute atomic E-state index is 14.4. The molecule has 2 heterocycles. The molecule has 0 saturated carbocycles. The second kappa shape index (κ2) is 8.78. The minimum absolute atomic E-state index is 0.0198. The van der Waals surface area contributed by atoms with Gasteiger partial charge in [-0.3, -0.25) is 0 Å². The Morgan fingerprint density at radius 3 is 2.55 bits per heavy atom. The molecule has 6 nitrogen and oxygen atoms in total. The molecule has 0 bridgehead atoms. The Hall–Kier alpha value is -2.67. The molecule has 3 rings (SSSR count). The lowest BCUT2D eigenvalue weighted by Crippen LogP contribution is -2.07. The van der Waals surface area contributed by atoms with Crippen LogP contribution in [-0.4, -0.2) is 27.8 Å². The molecule has 0 amide bonds. The van der Waals surface area contributed by atoms with Crippen molar-refractivity contribution in [3.63, 3.8) is 0 Å². The van der Waals surface area contributed by atoms with Crippen molar-refractivity contribution in [3.05, 3.63) is 40.8 Å². The molecule has 8 heteroatoms. The Bertz CT molecular complexity index is 1000. The van der Waals surface area contributed by atoms with Crippen LogP contribution in [0.25, 0.3) is 22.8 Å². The minimum atomic E-state index is -0.538. The lowest BCUT2D eigenvalue weighted by atomic mass is 10.2. The molecular formula is C21H23ClFN3O3. The molecule has 0 unspecified atom stereocenters. The third-order valence-corrected chi connectivity index (χ3v) is 4.11. The van der Waals surface area contributed by atoms with Crippen LogP contribution in [0.1, 0.15) is 33.4 Å². The second-order valence-electron chi connectivity index (χ2n) is 7.39. The standard InChI is InChI=1S/C21H23ClFN3O3/c1-11(2)10-27-18-9-16(22)15(8-17(18)23)20-25-21(29-26-20)14-6-13(5)24-19(7-14)28-12(3)4/h6-9,11-12H,10H2,1-5H3.